The van der Waals surface area contributed by atoms with Gasteiger partial charge in [0.2, 0.25) is 0 Å². The molecule has 112 valence electrons. The van der Waals surface area contributed by atoms with Crippen molar-refractivity contribution in [2.45, 2.75) is 6.54 Å². The standard InChI is InChI=1S/C16H19NO4/c1-19-12-5-6-13(15(9-12)20-2)17-10-11-4-7-14(18)16(8-11)21-3/h4-9,17-18H,10H2,1-3H3. The molecule has 0 aliphatic carbocycles. The van der Waals surface area contributed by atoms with Gasteiger partial charge in [0, 0.05) is 12.6 Å². The maximum Gasteiger partial charge on any atom is 0.160 e. The van der Waals surface area contributed by atoms with Crippen LogP contribution in [0.5, 0.6) is 23.0 Å². The fourth-order valence-electron chi connectivity index (χ4n) is 1.97. The van der Waals surface area contributed by atoms with Crippen molar-refractivity contribution in [3.8, 4) is 23.0 Å². The van der Waals surface area contributed by atoms with Gasteiger partial charge >= 0.3 is 0 Å². The molecule has 0 spiro atoms. The van der Waals surface area contributed by atoms with E-state index < -0.39 is 0 Å². The summed E-state index contributed by atoms with van der Waals surface area (Å²) in [4.78, 5) is 0. The van der Waals surface area contributed by atoms with Crippen LogP contribution in [0.15, 0.2) is 36.4 Å². The van der Waals surface area contributed by atoms with Gasteiger partial charge in [0.1, 0.15) is 11.5 Å². The zero-order valence-corrected chi connectivity index (χ0v) is 12.3. The lowest BCUT2D eigenvalue weighted by Crippen LogP contribution is -2.02. The van der Waals surface area contributed by atoms with E-state index in [4.69, 9.17) is 14.2 Å². The third-order valence-corrected chi connectivity index (χ3v) is 3.14. The number of ether oxygens (including phenoxy) is 3. The fourth-order valence-corrected chi connectivity index (χ4v) is 1.97. The van der Waals surface area contributed by atoms with Crippen LogP contribution in [-0.4, -0.2) is 26.4 Å². The van der Waals surface area contributed by atoms with Crippen LogP contribution in [0, 0.1) is 0 Å². The summed E-state index contributed by atoms with van der Waals surface area (Å²) in [5.41, 5.74) is 1.85. The number of rotatable bonds is 6. The monoisotopic (exact) mass is 289 g/mol. The summed E-state index contributed by atoms with van der Waals surface area (Å²) in [5.74, 6) is 2.03. The number of aromatic hydroxyl groups is 1. The highest BCUT2D eigenvalue weighted by molar-refractivity contribution is 5.59. The van der Waals surface area contributed by atoms with Crippen LogP contribution in [0.3, 0.4) is 0 Å². The van der Waals surface area contributed by atoms with Gasteiger partial charge in [-0.25, -0.2) is 0 Å². The number of methoxy groups -OCH3 is 3. The Hall–Kier alpha value is -2.56. The third kappa shape index (κ3) is 3.51. The lowest BCUT2D eigenvalue weighted by atomic mass is 10.2. The van der Waals surface area contributed by atoms with Crippen LogP contribution in [-0.2, 0) is 6.54 Å². The van der Waals surface area contributed by atoms with Gasteiger partial charge in [0.25, 0.3) is 0 Å². The highest BCUT2D eigenvalue weighted by Gasteiger charge is 2.06. The van der Waals surface area contributed by atoms with Crippen LogP contribution < -0.4 is 19.5 Å². The molecule has 0 bridgehead atoms. The molecule has 0 amide bonds. The Morgan fingerprint density at radius 1 is 0.905 bits per heavy atom. The topological polar surface area (TPSA) is 60.0 Å². The molecule has 5 heteroatoms. The molecular weight excluding hydrogens is 270 g/mol. The first-order chi connectivity index (χ1) is 10.2. The number of hydrogen-bond acceptors (Lipinski definition) is 5. The van der Waals surface area contributed by atoms with E-state index in [2.05, 4.69) is 5.32 Å². The first kappa shape index (κ1) is 14.8. The van der Waals surface area contributed by atoms with Crippen molar-refractivity contribution in [1.82, 2.24) is 0 Å². The van der Waals surface area contributed by atoms with E-state index in [1.54, 1.807) is 26.4 Å². The SMILES string of the molecule is COc1ccc(NCc2ccc(O)c(OC)c2)c(OC)c1. The van der Waals surface area contributed by atoms with Crippen molar-refractivity contribution in [2.24, 2.45) is 0 Å². The molecule has 0 saturated heterocycles. The predicted octanol–water partition coefficient (Wildman–Crippen LogP) is 3.03. The summed E-state index contributed by atoms with van der Waals surface area (Å²) < 4.78 is 15.6. The van der Waals surface area contributed by atoms with Gasteiger partial charge in [0.15, 0.2) is 11.5 Å². The molecule has 5 nitrogen and oxygen atoms in total. The average molecular weight is 289 g/mol. The largest absolute Gasteiger partial charge is 0.504 e. The molecule has 0 radical (unpaired) electrons. The smallest absolute Gasteiger partial charge is 0.160 e. The minimum Gasteiger partial charge on any atom is -0.504 e. The number of benzene rings is 2. The second-order valence-corrected chi connectivity index (χ2v) is 4.43. The van der Waals surface area contributed by atoms with E-state index in [0.717, 1.165) is 17.0 Å². The van der Waals surface area contributed by atoms with Crippen molar-refractivity contribution in [1.29, 1.82) is 0 Å². The van der Waals surface area contributed by atoms with Crippen LogP contribution in [0.4, 0.5) is 5.69 Å². The quantitative estimate of drug-likeness (QED) is 0.856. The van der Waals surface area contributed by atoms with Crippen molar-refractivity contribution in [2.75, 3.05) is 26.6 Å². The first-order valence-corrected chi connectivity index (χ1v) is 6.49. The molecule has 0 heterocycles. The number of anilines is 1. The minimum absolute atomic E-state index is 0.128. The molecule has 2 rings (SSSR count). The second kappa shape index (κ2) is 6.74. The van der Waals surface area contributed by atoms with Crippen LogP contribution in [0.2, 0.25) is 0 Å². The van der Waals surface area contributed by atoms with Gasteiger partial charge in [-0.3, -0.25) is 0 Å². The van der Waals surface area contributed by atoms with E-state index in [-0.39, 0.29) is 5.75 Å². The van der Waals surface area contributed by atoms with Crippen molar-refractivity contribution in [3.63, 3.8) is 0 Å². The molecule has 0 aromatic heterocycles. The molecule has 0 fully saturated rings. The average Bonchev–Trinajstić information content (AvgIpc) is 2.53. The molecule has 0 aliphatic rings. The Balaban J connectivity index is 2.12. The Morgan fingerprint density at radius 3 is 2.33 bits per heavy atom. The van der Waals surface area contributed by atoms with Crippen LogP contribution in [0.25, 0.3) is 0 Å². The predicted molar refractivity (Wildman–Crippen MR) is 81.5 cm³/mol. The molecule has 0 saturated carbocycles. The zero-order valence-electron chi connectivity index (χ0n) is 12.3. The molecular formula is C16H19NO4. The van der Waals surface area contributed by atoms with E-state index in [9.17, 15) is 5.11 Å². The first-order valence-electron chi connectivity index (χ1n) is 6.49. The molecule has 0 unspecified atom stereocenters. The van der Waals surface area contributed by atoms with Crippen LogP contribution in [0.1, 0.15) is 5.56 Å². The zero-order chi connectivity index (χ0) is 15.2. The summed E-state index contributed by atoms with van der Waals surface area (Å²) in [5, 5.41) is 12.9. The maximum absolute atomic E-state index is 9.58. The fraction of sp³-hybridized carbons (Fsp3) is 0.250. The Kier molecular flexibility index (Phi) is 4.77. The molecule has 0 aliphatic heterocycles. The van der Waals surface area contributed by atoms with Gasteiger partial charge < -0.3 is 24.6 Å². The van der Waals surface area contributed by atoms with Gasteiger partial charge in [-0.15, -0.1) is 0 Å². The van der Waals surface area contributed by atoms with E-state index in [0.29, 0.717) is 18.0 Å². The Bertz CT molecular complexity index is 613. The van der Waals surface area contributed by atoms with Gasteiger partial charge in [-0.1, -0.05) is 6.07 Å². The summed E-state index contributed by atoms with van der Waals surface area (Å²) in [6.45, 7) is 0.583. The van der Waals surface area contributed by atoms with E-state index in [1.807, 2.05) is 24.3 Å². The molecule has 2 aromatic carbocycles. The van der Waals surface area contributed by atoms with Gasteiger partial charge in [-0.05, 0) is 29.8 Å². The lowest BCUT2D eigenvalue weighted by Gasteiger charge is -2.13. The maximum atomic E-state index is 9.58. The van der Waals surface area contributed by atoms with Crippen molar-refractivity contribution >= 4 is 5.69 Å². The molecule has 2 N–H and O–H groups in total. The number of phenols is 1. The number of hydrogen-bond donors (Lipinski definition) is 2. The Labute approximate surface area is 124 Å². The highest BCUT2D eigenvalue weighted by Crippen LogP contribution is 2.30. The summed E-state index contributed by atoms with van der Waals surface area (Å²) in [6, 6.07) is 10.8. The van der Waals surface area contributed by atoms with E-state index in [1.165, 1.54) is 7.11 Å². The van der Waals surface area contributed by atoms with Crippen molar-refractivity contribution in [3.05, 3.63) is 42.0 Å². The van der Waals surface area contributed by atoms with Gasteiger partial charge in [-0.2, -0.15) is 0 Å². The third-order valence-electron chi connectivity index (χ3n) is 3.14. The normalized spacial score (nSPS) is 10.0. The lowest BCUT2D eigenvalue weighted by molar-refractivity contribution is 0.373. The summed E-state index contributed by atoms with van der Waals surface area (Å²) >= 11 is 0. The summed E-state index contributed by atoms with van der Waals surface area (Å²) in [7, 11) is 4.76. The molecule has 2 aromatic rings. The van der Waals surface area contributed by atoms with E-state index >= 15 is 0 Å². The summed E-state index contributed by atoms with van der Waals surface area (Å²) in [6.07, 6.45) is 0. The van der Waals surface area contributed by atoms with Gasteiger partial charge in [0.05, 0.1) is 27.0 Å². The minimum atomic E-state index is 0.128. The van der Waals surface area contributed by atoms with Crippen molar-refractivity contribution < 1.29 is 19.3 Å². The second-order valence-electron chi connectivity index (χ2n) is 4.43. The Morgan fingerprint density at radius 2 is 1.67 bits per heavy atom. The molecule has 0 atom stereocenters. The van der Waals surface area contributed by atoms with Crippen LogP contribution >= 0.6 is 0 Å². The number of phenolic OH excluding ortho intramolecular Hbond substituents is 1. The number of nitrogens with one attached hydrogen (secondary N) is 1. The highest BCUT2D eigenvalue weighted by atomic mass is 16.5. The molecule has 21 heavy (non-hydrogen) atoms.